The van der Waals surface area contributed by atoms with Gasteiger partial charge < -0.3 is 14.2 Å². The molecule has 4 heteroatoms. The van der Waals surface area contributed by atoms with Crippen LogP contribution in [0.5, 0.6) is 0 Å². The average molecular weight is 408 g/mol. The number of benzene rings is 2. The van der Waals surface area contributed by atoms with Gasteiger partial charge in [-0.15, -0.1) is 0 Å². The largest absolute Gasteiger partial charge is 0.468 e. The molecule has 3 nitrogen and oxygen atoms in total. The second-order valence-corrected chi connectivity index (χ2v) is 13.0. The highest BCUT2D eigenvalue weighted by Gasteiger charge is 2.50. The molecule has 0 saturated carbocycles. The molecule has 3 aromatic rings. The average Bonchev–Trinajstić information content (AvgIpc) is 3.24. The van der Waals surface area contributed by atoms with E-state index in [-0.39, 0.29) is 17.0 Å². The van der Waals surface area contributed by atoms with Gasteiger partial charge in [-0.1, -0.05) is 88.4 Å². The van der Waals surface area contributed by atoms with E-state index in [4.69, 9.17) is 8.84 Å². The fourth-order valence-corrected chi connectivity index (χ4v) is 8.96. The van der Waals surface area contributed by atoms with Crippen LogP contribution in [0.3, 0.4) is 0 Å². The fraction of sp³-hybridized carbons (Fsp3) is 0.360. The lowest BCUT2D eigenvalue weighted by molar-refractivity contribution is 0.202. The highest BCUT2D eigenvalue weighted by Crippen LogP contribution is 2.37. The van der Waals surface area contributed by atoms with Crippen LogP contribution in [-0.2, 0) is 4.43 Å². The van der Waals surface area contributed by atoms with Crippen molar-refractivity contribution in [1.82, 2.24) is 5.32 Å². The molecule has 0 spiro atoms. The van der Waals surface area contributed by atoms with Gasteiger partial charge in [0.2, 0.25) is 0 Å². The van der Waals surface area contributed by atoms with E-state index < -0.39 is 8.32 Å². The van der Waals surface area contributed by atoms with Crippen LogP contribution in [0.15, 0.2) is 83.5 Å². The van der Waals surface area contributed by atoms with Gasteiger partial charge in [-0.25, -0.2) is 0 Å². The predicted octanol–water partition coefficient (Wildman–Crippen LogP) is 4.75. The maximum absolute atomic E-state index is 7.07. The molecule has 0 bridgehead atoms. The standard InChI is InChI=1S/C25H33NO2Si/c1-20(24(26-5)23-17-12-18-27-23)19-28-29(25(2,3)4,21-13-8-6-9-14-21)22-15-10-7-11-16-22/h6-18,20,24,26H,19H2,1-5H3/t20-,24+/m1/s1. The molecule has 0 unspecified atom stereocenters. The molecule has 0 aliphatic heterocycles. The van der Waals surface area contributed by atoms with Gasteiger partial charge in [0.1, 0.15) is 5.76 Å². The summed E-state index contributed by atoms with van der Waals surface area (Å²) in [6.45, 7) is 9.81. The fourth-order valence-electron chi connectivity index (χ4n) is 4.29. The van der Waals surface area contributed by atoms with Crippen LogP contribution in [-0.4, -0.2) is 22.0 Å². The number of furan rings is 1. The molecule has 0 radical (unpaired) electrons. The Morgan fingerprint density at radius 1 is 0.897 bits per heavy atom. The van der Waals surface area contributed by atoms with E-state index in [1.807, 2.05) is 19.2 Å². The van der Waals surface area contributed by atoms with Crippen molar-refractivity contribution >= 4 is 18.7 Å². The summed E-state index contributed by atoms with van der Waals surface area (Å²) in [4.78, 5) is 0. The molecule has 0 saturated heterocycles. The van der Waals surface area contributed by atoms with Crippen LogP contribution < -0.4 is 15.7 Å². The van der Waals surface area contributed by atoms with Crippen LogP contribution in [0.2, 0.25) is 5.04 Å². The maximum Gasteiger partial charge on any atom is 0.261 e. The van der Waals surface area contributed by atoms with Crippen molar-refractivity contribution in [3.05, 3.63) is 84.8 Å². The van der Waals surface area contributed by atoms with Crippen LogP contribution >= 0.6 is 0 Å². The van der Waals surface area contributed by atoms with Crippen molar-refractivity contribution in [1.29, 1.82) is 0 Å². The molecule has 1 aromatic heterocycles. The van der Waals surface area contributed by atoms with E-state index in [1.54, 1.807) is 6.26 Å². The smallest absolute Gasteiger partial charge is 0.261 e. The SMILES string of the molecule is CN[C@H](c1ccco1)[C@H](C)CO[Si](c1ccccc1)(c1ccccc1)C(C)(C)C. The van der Waals surface area contributed by atoms with Gasteiger partial charge in [-0.05, 0) is 34.6 Å². The van der Waals surface area contributed by atoms with E-state index in [0.29, 0.717) is 6.61 Å². The van der Waals surface area contributed by atoms with Crippen molar-refractivity contribution in [3.8, 4) is 0 Å². The summed E-state index contributed by atoms with van der Waals surface area (Å²) in [6, 6.07) is 25.7. The Morgan fingerprint density at radius 2 is 1.45 bits per heavy atom. The van der Waals surface area contributed by atoms with E-state index in [0.717, 1.165) is 5.76 Å². The number of hydrogen-bond acceptors (Lipinski definition) is 3. The zero-order chi connectivity index (χ0) is 20.9. The molecular weight excluding hydrogens is 374 g/mol. The first-order valence-corrected chi connectivity index (χ1v) is 12.3. The number of nitrogens with one attached hydrogen (secondary N) is 1. The highest BCUT2D eigenvalue weighted by molar-refractivity contribution is 6.99. The Balaban J connectivity index is 2.00. The van der Waals surface area contributed by atoms with E-state index >= 15 is 0 Å². The van der Waals surface area contributed by atoms with Crippen molar-refractivity contribution in [2.75, 3.05) is 13.7 Å². The molecule has 0 aliphatic rings. The summed E-state index contributed by atoms with van der Waals surface area (Å²) in [5.41, 5.74) is 0. The molecule has 29 heavy (non-hydrogen) atoms. The van der Waals surface area contributed by atoms with Gasteiger partial charge in [0.15, 0.2) is 0 Å². The lowest BCUT2D eigenvalue weighted by atomic mass is 10.0. The van der Waals surface area contributed by atoms with Gasteiger partial charge in [0.25, 0.3) is 8.32 Å². The third-order valence-electron chi connectivity index (χ3n) is 5.71. The summed E-state index contributed by atoms with van der Waals surface area (Å²) in [6.07, 6.45) is 1.73. The van der Waals surface area contributed by atoms with Crippen molar-refractivity contribution in [2.24, 2.45) is 5.92 Å². The minimum atomic E-state index is -2.51. The number of rotatable bonds is 8. The lowest BCUT2D eigenvalue weighted by Crippen LogP contribution is -2.67. The lowest BCUT2D eigenvalue weighted by Gasteiger charge is -2.44. The minimum Gasteiger partial charge on any atom is -0.468 e. The Morgan fingerprint density at radius 3 is 1.86 bits per heavy atom. The third-order valence-corrected chi connectivity index (χ3v) is 10.7. The normalized spacial score (nSPS) is 14.5. The van der Waals surface area contributed by atoms with Crippen LogP contribution in [0.4, 0.5) is 0 Å². The monoisotopic (exact) mass is 407 g/mol. The van der Waals surface area contributed by atoms with E-state index in [1.165, 1.54) is 10.4 Å². The predicted molar refractivity (Wildman–Crippen MR) is 123 cm³/mol. The number of hydrogen-bond donors (Lipinski definition) is 1. The van der Waals surface area contributed by atoms with Gasteiger partial charge in [-0.2, -0.15) is 0 Å². The Kier molecular flexibility index (Phi) is 6.78. The molecular formula is C25H33NO2Si. The Labute approximate surface area is 176 Å². The molecule has 3 rings (SSSR count). The van der Waals surface area contributed by atoms with Crippen LogP contribution in [0, 0.1) is 5.92 Å². The minimum absolute atomic E-state index is 0.0186. The van der Waals surface area contributed by atoms with Crippen molar-refractivity contribution in [3.63, 3.8) is 0 Å². The summed E-state index contributed by atoms with van der Waals surface area (Å²) in [5.74, 6) is 1.21. The molecule has 154 valence electrons. The topological polar surface area (TPSA) is 34.4 Å². The first-order valence-electron chi connectivity index (χ1n) is 10.4. The first kappa shape index (κ1) is 21.6. The Hall–Kier alpha value is -2.14. The zero-order valence-electron chi connectivity index (χ0n) is 18.2. The van der Waals surface area contributed by atoms with Gasteiger partial charge >= 0.3 is 0 Å². The quantitative estimate of drug-likeness (QED) is 0.547. The summed E-state index contributed by atoms with van der Waals surface area (Å²) < 4.78 is 12.7. The van der Waals surface area contributed by atoms with E-state index in [2.05, 4.69) is 93.7 Å². The second-order valence-electron chi connectivity index (χ2n) is 8.73. The van der Waals surface area contributed by atoms with Crippen molar-refractivity contribution in [2.45, 2.75) is 38.8 Å². The molecule has 1 N–H and O–H groups in total. The molecule has 2 atom stereocenters. The van der Waals surface area contributed by atoms with Crippen molar-refractivity contribution < 1.29 is 8.84 Å². The molecule has 2 aromatic carbocycles. The first-order chi connectivity index (χ1) is 13.9. The summed E-state index contributed by atoms with van der Waals surface area (Å²) in [7, 11) is -0.535. The second kappa shape index (κ2) is 9.12. The Bertz CT molecular complexity index is 817. The highest BCUT2D eigenvalue weighted by atomic mass is 28.4. The maximum atomic E-state index is 7.07. The molecule has 1 heterocycles. The third kappa shape index (κ3) is 4.40. The van der Waals surface area contributed by atoms with Gasteiger partial charge in [0, 0.05) is 12.5 Å². The molecule has 0 aliphatic carbocycles. The van der Waals surface area contributed by atoms with Gasteiger partial charge in [0.05, 0.1) is 12.3 Å². The van der Waals surface area contributed by atoms with Crippen LogP contribution in [0.1, 0.15) is 39.5 Å². The van der Waals surface area contributed by atoms with E-state index in [9.17, 15) is 0 Å². The summed E-state index contributed by atoms with van der Waals surface area (Å²) in [5, 5.41) is 6.00. The molecule has 0 amide bonds. The summed E-state index contributed by atoms with van der Waals surface area (Å²) >= 11 is 0. The van der Waals surface area contributed by atoms with Gasteiger partial charge in [-0.3, -0.25) is 0 Å². The zero-order valence-corrected chi connectivity index (χ0v) is 19.2. The molecule has 0 fully saturated rings. The van der Waals surface area contributed by atoms with Crippen LogP contribution in [0.25, 0.3) is 0 Å².